The molecule has 0 bridgehead atoms. The first kappa shape index (κ1) is 24.1. The molecule has 1 atom stereocenters. The van der Waals surface area contributed by atoms with Crippen LogP contribution in [0.4, 0.5) is 11.6 Å². The lowest BCUT2D eigenvalue weighted by Gasteiger charge is -2.33. The molecule has 0 amide bonds. The maximum Gasteiger partial charge on any atom is 0.332 e. The Bertz CT molecular complexity index is 1740. The lowest BCUT2D eigenvalue weighted by atomic mass is 10.1. The van der Waals surface area contributed by atoms with Crippen LogP contribution in [0.25, 0.3) is 11.2 Å². The van der Waals surface area contributed by atoms with E-state index < -0.39 is 5.69 Å². The van der Waals surface area contributed by atoms with E-state index in [1.54, 1.807) is 19.2 Å². The van der Waals surface area contributed by atoms with Gasteiger partial charge in [0, 0.05) is 30.8 Å². The van der Waals surface area contributed by atoms with Crippen molar-refractivity contribution in [3.63, 3.8) is 0 Å². The fourth-order valence-electron chi connectivity index (χ4n) is 4.95. The Balaban J connectivity index is 1.41. The van der Waals surface area contributed by atoms with Crippen molar-refractivity contribution in [1.82, 2.24) is 18.7 Å². The molecular formula is C29H26ClN5O3. The van der Waals surface area contributed by atoms with Crippen LogP contribution in [0, 0.1) is 5.92 Å². The molecule has 9 heteroatoms. The molecule has 0 aliphatic carbocycles. The van der Waals surface area contributed by atoms with E-state index in [0.29, 0.717) is 28.7 Å². The summed E-state index contributed by atoms with van der Waals surface area (Å²) in [5.74, 6) is 2.39. The van der Waals surface area contributed by atoms with Crippen molar-refractivity contribution in [1.29, 1.82) is 0 Å². The zero-order chi connectivity index (χ0) is 26.4. The number of aryl methyl sites for hydroxylation is 1. The summed E-state index contributed by atoms with van der Waals surface area (Å²) in [6.07, 6.45) is 0. The van der Waals surface area contributed by atoms with Crippen LogP contribution in [0.5, 0.6) is 11.5 Å². The Morgan fingerprint density at radius 1 is 0.921 bits per heavy atom. The van der Waals surface area contributed by atoms with Gasteiger partial charge < -0.3 is 14.2 Å². The van der Waals surface area contributed by atoms with E-state index in [2.05, 4.69) is 11.8 Å². The van der Waals surface area contributed by atoms with E-state index in [-0.39, 0.29) is 18.0 Å². The molecule has 0 spiro atoms. The number of imidazole rings is 1. The molecule has 1 aliphatic heterocycles. The second-order valence-electron chi connectivity index (χ2n) is 9.68. The summed E-state index contributed by atoms with van der Waals surface area (Å²) < 4.78 is 10.6. The Morgan fingerprint density at radius 3 is 2.32 bits per heavy atom. The summed E-state index contributed by atoms with van der Waals surface area (Å²) in [4.78, 5) is 33.8. The third kappa shape index (κ3) is 4.26. The molecule has 2 aromatic heterocycles. The standard InChI is InChI=1S/C29H26ClN5O3/c1-19-16-33(22-12-14-24(15-13-22)38-23-6-4-3-5-7-23)28-31-26-25(34(28)17-19)27(36)35(29(37)32(26)2)18-20-8-10-21(30)11-9-20/h3-15,19H,16-18H2,1-2H3/t19-/m1/s1. The Morgan fingerprint density at radius 2 is 1.61 bits per heavy atom. The quantitative estimate of drug-likeness (QED) is 0.315. The SMILES string of the molecule is C[C@@H]1CN(c2ccc(Oc3ccccc3)cc2)c2nc3c(c(=O)n(Cc4ccc(Cl)cc4)c(=O)n3C)n2C1. The van der Waals surface area contributed by atoms with Gasteiger partial charge in [-0.2, -0.15) is 4.98 Å². The second kappa shape index (κ2) is 9.54. The van der Waals surface area contributed by atoms with Crippen molar-refractivity contribution in [2.45, 2.75) is 20.0 Å². The molecule has 38 heavy (non-hydrogen) atoms. The Kier molecular flexibility index (Phi) is 6.04. The Labute approximate surface area is 223 Å². The number of benzene rings is 3. The van der Waals surface area contributed by atoms with Gasteiger partial charge in [0.05, 0.1) is 6.54 Å². The van der Waals surface area contributed by atoms with Gasteiger partial charge in [-0.25, -0.2) is 4.79 Å². The first-order valence-electron chi connectivity index (χ1n) is 12.4. The molecule has 6 rings (SSSR count). The van der Waals surface area contributed by atoms with Gasteiger partial charge in [0.15, 0.2) is 11.2 Å². The van der Waals surface area contributed by atoms with Crippen molar-refractivity contribution >= 4 is 34.4 Å². The van der Waals surface area contributed by atoms with E-state index in [0.717, 1.165) is 29.3 Å². The summed E-state index contributed by atoms with van der Waals surface area (Å²) in [5.41, 5.74) is 1.80. The van der Waals surface area contributed by atoms with E-state index in [4.69, 9.17) is 21.3 Å². The minimum absolute atomic E-state index is 0.154. The molecule has 3 aromatic carbocycles. The highest BCUT2D eigenvalue weighted by Gasteiger charge is 2.30. The number of hydrogen-bond donors (Lipinski definition) is 0. The van der Waals surface area contributed by atoms with Crippen LogP contribution in [-0.2, 0) is 20.1 Å². The van der Waals surface area contributed by atoms with Crippen LogP contribution >= 0.6 is 11.6 Å². The first-order chi connectivity index (χ1) is 18.4. The third-order valence-corrected chi connectivity index (χ3v) is 7.08. The van der Waals surface area contributed by atoms with Crippen molar-refractivity contribution in [2.24, 2.45) is 13.0 Å². The van der Waals surface area contributed by atoms with Gasteiger partial charge >= 0.3 is 5.69 Å². The number of anilines is 2. The van der Waals surface area contributed by atoms with Gasteiger partial charge in [-0.05, 0) is 60.0 Å². The fraction of sp³-hybridized carbons (Fsp3) is 0.207. The van der Waals surface area contributed by atoms with Crippen molar-refractivity contribution in [2.75, 3.05) is 11.4 Å². The van der Waals surface area contributed by atoms with Crippen LogP contribution in [0.3, 0.4) is 0 Å². The average molecular weight is 528 g/mol. The van der Waals surface area contributed by atoms with Gasteiger partial charge in [-0.15, -0.1) is 0 Å². The van der Waals surface area contributed by atoms with E-state index >= 15 is 0 Å². The first-order valence-corrected chi connectivity index (χ1v) is 12.8. The van der Waals surface area contributed by atoms with Crippen LogP contribution in [0.15, 0.2) is 88.5 Å². The number of nitrogens with zero attached hydrogens (tertiary/aromatic N) is 5. The zero-order valence-corrected chi connectivity index (χ0v) is 21.8. The van der Waals surface area contributed by atoms with Crippen LogP contribution in [0.1, 0.15) is 12.5 Å². The number of para-hydroxylation sites is 1. The predicted molar refractivity (Wildman–Crippen MR) is 149 cm³/mol. The molecule has 0 saturated carbocycles. The molecule has 0 fully saturated rings. The zero-order valence-electron chi connectivity index (χ0n) is 21.0. The van der Waals surface area contributed by atoms with E-state index in [1.807, 2.05) is 71.3 Å². The van der Waals surface area contributed by atoms with Crippen molar-refractivity contribution < 1.29 is 4.74 Å². The average Bonchev–Trinajstić information content (AvgIpc) is 3.31. The number of hydrogen-bond acceptors (Lipinski definition) is 5. The number of rotatable bonds is 5. The lowest BCUT2D eigenvalue weighted by Crippen LogP contribution is -2.40. The molecule has 3 heterocycles. The van der Waals surface area contributed by atoms with Gasteiger partial charge in [-0.1, -0.05) is 48.9 Å². The highest BCUT2D eigenvalue weighted by molar-refractivity contribution is 6.30. The lowest BCUT2D eigenvalue weighted by molar-refractivity contribution is 0.457. The number of ether oxygens (including phenoxy) is 1. The van der Waals surface area contributed by atoms with E-state index in [1.165, 1.54) is 9.13 Å². The molecular weight excluding hydrogens is 502 g/mol. The maximum absolute atomic E-state index is 13.7. The summed E-state index contributed by atoms with van der Waals surface area (Å²) >= 11 is 6.01. The van der Waals surface area contributed by atoms with Gasteiger partial charge in [0.2, 0.25) is 5.95 Å². The Hall–Kier alpha value is -4.30. The monoisotopic (exact) mass is 527 g/mol. The summed E-state index contributed by atoms with van der Waals surface area (Å²) in [6, 6.07) is 24.6. The molecule has 8 nitrogen and oxygen atoms in total. The van der Waals surface area contributed by atoms with Gasteiger partial charge in [-0.3, -0.25) is 13.9 Å². The second-order valence-corrected chi connectivity index (χ2v) is 10.1. The molecule has 5 aromatic rings. The summed E-state index contributed by atoms with van der Waals surface area (Å²) in [5, 5.41) is 0.600. The summed E-state index contributed by atoms with van der Waals surface area (Å²) in [7, 11) is 1.66. The minimum Gasteiger partial charge on any atom is -0.457 e. The topological polar surface area (TPSA) is 74.3 Å². The van der Waals surface area contributed by atoms with Crippen molar-refractivity contribution in [3.05, 3.63) is 110 Å². The smallest absolute Gasteiger partial charge is 0.332 e. The molecule has 192 valence electrons. The maximum atomic E-state index is 13.7. The van der Waals surface area contributed by atoms with Crippen molar-refractivity contribution in [3.8, 4) is 11.5 Å². The molecule has 0 radical (unpaired) electrons. The molecule has 0 saturated heterocycles. The molecule has 0 unspecified atom stereocenters. The van der Waals surface area contributed by atoms with E-state index in [9.17, 15) is 9.59 Å². The number of fused-ring (bicyclic) bond motifs is 3. The normalized spacial score (nSPS) is 15.0. The van der Waals surface area contributed by atoms with Crippen LogP contribution in [0.2, 0.25) is 5.02 Å². The third-order valence-electron chi connectivity index (χ3n) is 6.82. The fourth-order valence-corrected chi connectivity index (χ4v) is 5.08. The minimum atomic E-state index is -0.407. The predicted octanol–water partition coefficient (Wildman–Crippen LogP) is 5.18. The van der Waals surface area contributed by atoms with Gasteiger partial charge in [0.1, 0.15) is 11.5 Å². The number of halogens is 1. The van der Waals surface area contributed by atoms with Crippen LogP contribution < -0.4 is 20.9 Å². The van der Waals surface area contributed by atoms with Gasteiger partial charge in [0.25, 0.3) is 5.56 Å². The largest absolute Gasteiger partial charge is 0.457 e. The molecule has 0 N–H and O–H groups in total. The molecule has 1 aliphatic rings. The number of aromatic nitrogens is 4. The highest BCUT2D eigenvalue weighted by Crippen LogP contribution is 2.34. The highest BCUT2D eigenvalue weighted by atomic mass is 35.5. The van der Waals surface area contributed by atoms with Crippen LogP contribution in [-0.4, -0.2) is 25.2 Å². The summed E-state index contributed by atoms with van der Waals surface area (Å²) in [6.45, 7) is 3.66.